The van der Waals surface area contributed by atoms with Crippen LogP contribution >= 0.6 is 15.9 Å². The van der Waals surface area contributed by atoms with E-state index in [1.165, 1.54) is 24.3 Å². The van der Waals surface area contributed by atoms with Gasteiger partial charge in [0.1, 0.15) is 11.5 Å². The molecular weight excluding hydrogens is 494 g/mol. The van der Waals surface area contributed by atoms with Gasteiger partial charge in [-0.25, -0.2) is 8.42 Å². The van der Waals surface area contributed by atoms with Gasteiger partial charge >= 0.3 is 0 Å². The van der Waals surface area contributed by atoms with Gasteiger partial charge in [0.05, 0.1) is 21.7 Å². The molecule has 1 amide bonds. The van der Waals surface area contributed by atoms with E-state index in [-0.39, 0.29) is 10.6 Å². The van der Waals surface area contributed by atoms with E-state index in [9.17, 15) is 13.2 Å². The first-order valence-corrected chi connectivity index (χ1v) is 12.2. The number of amides is 1. The van der Waals surface area contributed by atoms with Crippen LogP contribution in [0.5, 0.6) is 11.5 Å². The van der Waals surface area contributed by atoms with Gasteiger partial charge in [-0.2, -0.15) is 4.31 Å². The maximum atomic E-state index is 13.4. The minimum Gasteiger partial charge on any atom is -0.494 e. The van der Waals surface area contributed by atoms with Gasteiger partial charge in [0.2, 0.25) is 0 Å². The molecule has 0 heterocycles. The lowest BCUT2D eigenvalue weighted by Gasteiger charge is -2.23. The van der Waals surface area contributed by atoms with Crippen LogP contribution in [-0.2, 0) is 14.8 Å². The first-order valence-electron chi connectivity index (χ1n) is 9.99. The van der Waals surface area contributed by atoms with E-state index < -0.39 is 22.5 Å². The van der Waals surface area contributed by atoms with Crippen LogP contribution in [-0.4, -0.2) is 27.5 Å². The van der Waals surface area contributed by atoms with Crippen molar-refractivity contribution in [2.45, 2.75) is 25.7 Å². The highest BCUT2D eigenvalue weighted by molar-refractivity contribution is 9.10. The van der Waals surface area contributed by atoms with E-state index in [0.717, 1.165) is 15.4 Å². The Morgan fingerprint density at radius 2 is 1.53 bits per heavy atom. The topological polar surface area (TPSA) is 72.9 Å². The van der Waals surface area contributed by atoms with Gasteiger partial charge in [-0.3, -0.25) is 4.79 Å². The van der Waals surface area contributed by atoms with Gasteiger partial charge in [0.15, 0.2) is 6.61 Å². The highest BCUT2D eigenvalue weighted by Gasteiger charge is 2.31. The molecule has 3 rings (SSSR count). The lowest BCUT2D eigenvalue weighted by Crippen LogP contribution is -2.40. The van der Waals surface area contributed by atoms with Crippen molar-refractivity contribution in [1.29, 1.82) is 0 Å². The van der Waals surface area contributed by atoms with Gasteiger partial charge in [0.25, 0.3) is 15.9 Å². The number of aryl methyl sites for hydroxylation is 2. The molecule has 0 unspecified atom stereocenters. The molecule has 0 aliphatic rings. The van der Waals surface area contributed by atoms with E-state index in [1.54, 1.807) is 30.3 Å². The normalized spacial score (nSPS) is 11.1. The average molecular weight is 518 g/mol. The third-order valence-electron chi connectivity index (χ3n) is 4.61. The number of anilines is 1. The molecule has 0 spiro atoms. The molecule has 0 aliphatic carbocycles. The SMILES string of the molecule is CCOc1ccc(N(C(=O)COc2ccc(C)cc2Br)S(=O)(=O)c2ccc(C)cc2)cc1. The van der Waals surface area contributed by atoms with Gasteiger partial charge in [-0.1, -0.05) is 23.8 Å². The molecule has 3 aromatic rings. The maximum Gasteiger partial charge on any atom is 0.278 e. The second-order valence-electron chi connectivity index (χ2n) is 7.13. The summed E-state index contributed by atoms with van der Waals surface area (Å²) in [6.07, 6.45) is 0. The molecule has 168 valence electrons. The Hall–Kier alpha value is -2.84. The van der Waals surface area contributed by atoms with Crippen molar-refractivity contribution in [2.75, 3.05) is 17.5 Å². The van der Waals surface area contributed by atoms with Crippen LogP contribution in [0.4, 0.5) is 5.69 Å². The minimum atomic E-state index is -4.17. The zero-order valence-corrected chi connectivity index (χ0v) is 20.4. The van der Waals surface area contributed by atoms with Gasteiger partial charge in [-0.05, 0) is 90.8 Å². The largest absolute Gasteiger partial charge is 0.494 e. The Kier molecular flexibility index (Phi) is 7.58. The molecule has 0 N–H and O–H groups in total. The summed E-state index contributed by atoms with van der Waals surface area (Å²) in [5, 5.41) is 0. The molecule has 3 aromatic carbocycles. The lowest BCUT2D eigenvalue weighted by atomic mass is 10.2. The summed E-state index contributed by atoms with van der Waals surface area (Å²) >= 11 is 3.40. The Balaban J connectivity index is 1.95. The maximum absolute atomic E-state index is 13.4. The summed E-state index contributed by atoms with van der Waals surface area (Å²) in [5.41, 5.74) is 2.13. The van der Waals surface area contributed by atoms with Crippen molar-refractivity contribution in [1.82, 2.24) is 0 Å². The fraction of sp³-hybridized carbons (Fsp3) is 0.208. The van der Waals surface area contributed by atoms with E-state index in [4.69, 9.17) is 9.47 Å². The fourth-order valence-electron chi connectivity index (χ4n) is 3.00. The van der Waals surface area contributed by atoms with E-state index >= 15 is 0 Å². The van der Waals surface area contributed by atoms with Crippen molar-refractivity contribution in [3.8, 4) is 11.5 Å². The van der Waals surface area contributed by atoms with Gasteiger partial charge < -0.3 is 9.47 Å². The number of halogens is 1. The van der Waals surface area contributed by atoms with Crippen molar-refractivity contribution >= 4 is 37.5 Å². The number of benzene rings is 3. The first-order chi connectivity index (χ1) is 15.2. The zero-order chi connectivity index (χ0) is 23.3. The lowest BCUT2D eigenvalue weighted by molar-refractivity contribution is -0.119. The first kappa shape index (κ1) is 23.8. The molecule has 0 radical (unpaired) electrons. The average Bonchev–Trinajstić information content (AvgIpc) is 2.75. The minimum absolute atomic E-state index is 0.0156. The molecule has 0 fully saturated rings. The number of sulfonamides is 1. The number of rotatable bonds is 8. The van der Waals surface area contributed by atoms with E-state index in [2.05, 4.69) is 15.9 Å². The van der Waals surface area contributed by atoms with Crippen LogP contribution in [0.15, 0.2) is 76.1 Å². The third-order valence-corrected chi connectivity index (χ3v) is 6.99. The van der Waals surface area contributed by atoms with Crippen molar-refractivity contribution < 1.29 is 22.7 Å². The number of nitrogens with zero attached hydrogens (tertiary/aromatic N) is 1. The van der Waals surface area contributed by atoms with Crippen LogP contribution in [0.25, 0.3) is 0 Å². The smallest absolute Gasteiger partial charge is 0.278 e. The predicted octanol–water partition coefficient (Wildman–Crippen LogP) is 5.27. The Morgan fingerprint density at radius 1 is 0.906 bits per heavy atom. The van der Waals surface area contributed by atoms with E-state index in [1.807, 2.05) is 32.9 Å². The van der Waals surface area contributed by atoms with Gasteiger partial charge in [-0.15, -0.1) is 0 Å². The van der Waals surface area contributed by atoms with Gasteiger partial charge in [0, 0.05) is 0 Å². The Labute approximate surface area is 197 Å². The number of hydrogen-bond acceptors (Lipinski definition) is 5. The standard InChI is InChI=1S/C24H24BrNO5S/c1-4-30-20-10-8-19(9-11-20)26(32(28,29)21-12-5-17(2)6-13-21)24(27)16-31-23-14-7-18(3)15-22(23)25/h5-15H,4,16H2,1-3H3. The molecular formula is C24H24BrNO5S. The zero-order valence-electron chi connectivity index (χ0n) is 18.0. The summed E-state index contributed by atoms with van der Waals surface area (Å²) in [5.74, 6) is 0.307. The monoisotopic (exact) mass is 517 g/mol. The van der Waals surface area contributed by atoms with Crippen LogP contribution in [0.3, 0.4) is 0 Å². The summed E-state index contributed by atoms with van der Waals surface area (Å²) in [7, 11) is -4.17. The van der Waals surface area contributed by atoms with Crippen molar-refractivity contribution in [3.05, 3.63) is 82.3 Å². The molecule has 0 aromatic heterocycles. The van der Waals surface area contributed by atoms with Crippen LogP contribution < -0.4 is 13.8 Å². The van der Waals surface area contributed by atoms with Crippen LogP contribution in [0, 0.1) is 13.8 Å². The molecule has 0 bridgehead atoms. The molecule has 0 atom stereocenters. The highest BCUT2D eigenvalue weighted by Crippen LogP contribution is 2.28. The number of hydrogen-bond donors (Lipinski definition) is 0. The van der Waals surface area contributed by atoms with E-state index in [0.29, 0.717) is 22.6 Å². The molecule has 8 heteroatoms. The third kappa shape index (κ3) is 5.49. The summed E-state index contributed by atoms with van der Waals surface area (Å²) in [6, 6.07) is 18.1. The van der Waals surface area contributed by atoms with Crippen LogP contribution in [0.1, 0.15) is 18.1 Å². The number of carbonyl (C=O) groups excluding carboxylic acids is 1. The molecule has 0 saturated carbocycles. The van der Waals surface area contributed by atoms with Crippen molar-refractivity contribution in [2.24, 2.45) is 0 Å². The Morgan fingerprint density at radius 3 is 2.12 bits per heavy atom. The summed E-state index contributed by atoms with van der Waals surface area (Å²) in [4.78, 5) is 13.2. The predicted molar refractivity (Wildman–Crippen MR) is 128 cm³/mol. The molecule has 0 aliphatic heterocycles. The number of ether oxygens (including phenoxy) is 2. The Bertz CT molecular complexity index is 1190. The highest BCUT2D eigenvalue weighted by atomic mass is 79.9. The quantitative estimate of drug-likeness (QED) is 0.407. The fourth-order valence-corrected chi connectivity index (χ4v) is 5.02. The second-order valence-corrected chi connectivity index (χ2v) is 9.77. The molecule has 32 heavy (non-hydrogen) atoms. The van der Waals surface area contributed by atoms with Crippen molar-refractivity contribution in [3.63, 3.8) is 0 Å². The molecule has 6 nitrogen and oxygen atoms in total. The second kappa shape index (κ2) is 10.2. The summed E-state index contributed by atoms with van der Waals surface area (Å²) in [6.45, 7) is 5.66. The number of carbonyl (C=O) groups is 1. The van der Waals surface area contributed by atoms with Crippen LogP contribution in [0.2, 0.25) is 0 Å². The molecule has 0 saturated heterocycles. The summed E-state index contributed by atoms with van der Waals surface area (Å²) < 4.78 is 39.4.